The van der Waals surface area contributed by atoms with Crippen molar-refractivity contribution in [1.29, 1.82) is 0 Å². The van der Waals surface area contributed by atoms with Gasteiger partial charge in [0.05, 0.1) is 16.8 Å². The van der Waals surface area contributed by atoms with Crippen LogP contribution in [0.25, 0.3) is 22.3 Å². The summed E-state index contributed by atoms with van der Waals surface area (Å²) in [6.45, 7) is 7.85. The first-order valence-corrected chi connectivity index (χ1v) is 11.1. The number of fused-ring (bicyclic) bond motifs is 1. The van der Waals surface area contributed by atoms with Crippen molar-refractivity contribution in [1.82, 2.24) is 24.8 Å². The lowest BCUT2D eigenvalue weighted by atomic mass is 10.1. The van der Waals surface area contributed by atoms with Gasteiger partial charge in [0.15, 0.2) is 0 Å². The van der Waals surface area contributed by atoms with Crippen LogP contribution in [0.3, 0.4) is 0 Å². The molecule has 0 bridgehead atoms. The Balaban J connectivity index is 1.67. The van der Waals surface area contributed by atoms with E-state index in [1.807, 2.05) is 18.5 Å². The van der Waals surface area contributed by atoms with Crippen molar-refractivity contribution in [2.75, 3.05) is 37.6 Å². The quantitative estimate of drug-likeness (QED) is 0.711. The maximum atomic E-state index is 4.58. The molecule has 1 aliphatic rings. The van der Waals surface area contributed by atoms with Gasteiger partial charge in [0, 0.05) is 43.8 Å². The van der Waals surface area contributed by atoms with E-state index < -0.39 is 0 Å². The summed E-state index contributed by atoms with van der Waals surface area (Å²) >= 11 is 0. The second-order valence-electron chi connectivity index (χ2n) is 7.89. The molecule has 1 N–H and O–H groups in total. The number of rotatable bonds is 3. The lowest BCUT2D eigenvalue weighted by Gasteiger charge is -2.30. The number of anilines is 1. The third-order valence-electron chi connectivity index (χ3n) is 6.04. The highest BCUT2D eigenvalue weighted by molar-refractivity contribution is 6.01. The van der Waals surface area contributed by atoms with Crippen LogP contribution >= 0.6 is 0 Å². The summed E-state index contributed by atoms with van der Waals surface area (Å²) in [5.41, 5.74) is 4.22. The SMILES string of the molecule is CCN1CCCCCCCCN(c2ccnc3[nH]cc(-c4ccncn4)c23)CC1. The minimum Gasteiger partial charge on any atom is -0.370 e. The van der Waals surface area contributed by atoms with E-state index in [0.29, 0.717) is 0 Å². The van der Waals surface area contributed by atoms with Crippen LogP contribution in [-0.4, -0.2) is 57.6 Å². The Morgan fingerprint density at radius 2 is 1.72 bits per heavy atom. The summed E-state index contributed by atoms with van der Waals surface area (Å²) in [5, 5.41) is 1.17. The van der Waals surface area contributed by atoms with Gasteiger partial charge in [-0.25, -0.2) is 15.0 Å². The molecule has 0 aromatic carbocycles. The molecule has 3 aromatic rings. The smallest absolute Gasteiger partial charge is 0.140 e. The molecule has 0 spiro atoms. The Morgan fingerprint density at radius 3 is 2.52 bits per heavy atom. The Labute approximate surface area is 173 Å². The monoisotopic (exact) mass is 392 g/mol. The van der Waals surface area contributed by atoms with E-state index in [1.165, 1.54) is 56.1 Å². The number of aromatic nitrogens is 4. The van der Waals surface area contributed by atoms with E-state index in [0.717, 1.165) is 43.1 Å². The molecule has 1 fully saturated rings. The number of H-pyrrole nitrogens is 1. The van der Waals surface area contributed by atoms with Crippen molar-refractivity contribution in [3.8, 4) is 11.3 Å². The molecule has 0 aliphatic carbocycles. The van der Waals surface area contributed by atoms with E-state index in [-0.39, 0.29) is 0 Å². The predicted molar refractivity (Wildman–Crippen MR) is 119 cm³/mol. The van der Waals surface area contributed by atoms with Gasteiger partial charge in [-0.05, 0) is 38.1 Å². The van der Waals surface area contributed by atoms with Gasteiger partial charge in [-0.1, -0.05) is 32.6 Å². The van der Waals surface area contributed by atoms with Crippen LogP contribution in [0.15, 0.2) is 37.1 Å². The van der Waals surface area contributed by atoms with Crippen LogP contribution in [-0.2, 0) is 0 Å². The molecule has 4 rings (SSSR count). The molecule has 6 heteroatoms. The van der Waals surface area contributed by atoms with E-state index in [1.54, 1.807) is 12.5 Å². The Bertz CT molecular complexity index is 891. The summed E-state index contributed by atoms with van der Waals surface area (Å²) in [7, 11) is 0. The second kappa shape index (κ2) is 9.83. The first-order valence-electron chi connectivity index (χ1n) is 11.1. The van der Waals surface area contributed by atoms with E-state index in [2.05, 4.69) is 42.7 Å². The molecule has 154 valence electrons. The molecule has 1 aliphatic heterocycles. The number of nitrogens with one attached hydrogen (secondary N) is 1. The van der Waals surface area contributed by atoms with Crippen molar-refractivity contribution in [2.24, 2.45) is 0 Å². The standard InChI is InChI=1S/C23H32N6/c1-2-28-13-7-5-3-4-6-8-14-29(16-15-28)21-10-12-25-23-22(21)19(17-26-23)20-9-11-24-18-27-20/h9-12,17-18H,2-8,13-16H2,1H3,(H,25,26). The molecule has 1 saturated heterocycles. The van der Waals surface area contributed by atoms with Gasteiger partial charge in [-0.15, -0.1) is 0 Å². The number of hydrogen-bond donors (Lipinski definition) is 1. The third-order valence-corrected chi connectivity index (χ3v) is 6.04. The zero-order valence-corrected chi connectivity index (χ0v) is 17.5. The molecule has 29 heavy (non-hydrogen) atoms. The van der Waals surface area contributed by atoms with Gasteiger partial charge >= 0.3 is 0 Å². The van der Waals surface area contributed by atoms with Crippen LogP contribution in [0.1, 0.15) is 45.4 Å². The first-order chi connectivity index (χ1) is 14.4. The van der Waals surface area contributed by atoms with Gasteiger partial charge in [0.2, 0.25) is 0 Å². The summed E-state index contributed by atoms with van der Waals surface area (Å²) in [6.07, 6.45) is 15.3. The maximum Gasteiger partial charge on any atom is 0.140 e. The van der Waals surface area contributed by atoms with Gasteiger partial charge in [0.25, 0.3) is 0 Å². The minimum atomic E-state index is 0.926. The number of nitrogens with zero attached hydrogens (tertiary/aromatic N) is 5. The molecule has 0 amide bonds. The summed E-state index contributed by atoms with van der Waals surface area (Å²) in [6, 6.07) is 4.14. The number of likely N-dealkylation sites (N-methyl/N-ethyl adjacent to an activating group) is 1. The van der Waals surface area contributed by atoms with Crippen molar-refractivity contribution in [2.45, 2.75) is 45.4 Å². The highest BCUT2D eigenvalue weighted by Gasteiger charge is 2.18. The average molecular weight is 393 g/mol. The van der Waals surface area contributed by atoms with E-state index >= 15 is 0 Å². The first kappa shape index (κ1) is 19.8. The molecular formula is C23H32N6. The minimum absolute atomic E-state index is 0.926. The Morgan fingerprint density at radius 1 is 0.897 bits per heavy atom. The van der Waals surface area contributed by atoms with Crippen LogP contribution < -0.4 is 4.90 Å². The highest BCUT2D eigenvalue weighted by Crippen LogP contribution is 2.34. The fraction of sp³-hybridized carbons (Fsp3) is 0.522. The topological polar surface area (TPSA) is 60.9 Å². The van der Waals surface area contributed by atoms with Crippen LogP contribution in [0.5, 0.6) is 0 Å². The number of pyridine rings is 1. The van der Waals surface area contributed by atoms with Crippen molar-refractivity contribution in [3.05, 3.63) is 37.1 Å². The maximum absolute atomic E-state index is 4.58. The zero-order valence-electron chi connectivity index (χ0n) is 17.5. The summed E-state index contributed by atoms with van der Waals surface area (Å²) in [4.78, 5) is 21.6. The molecular weight excluding hydrogens is 360 g/mol. The third kappa shape index (κ3) is 4.75. The van der Waals surface area contributed by atoms with Crippen LogP contribution in [0.4, 0.5) is 5.69 Å². The van der Waals surface area contributed by atoms with Gasteiger partial charge in [0.1, 0.15) is 12.0 Å². The summed E-state index contributed by atoms with van der Waals surface area (Å²) < 4.78 is 0. The normalized spacial score (nSPS) is 17.8. The summed E-state index contributed by atoms with van der Waals surface area (Å²) in [5.74, 6) is 0. The molecule has 0 atom stereocenters. The molecule has 4 heterocycles. The predicted octanol–water partition coefficient (Wildman–Crippen LogP) is 4.50. The molecule has 0 saturated carbocycles. The van der Waals surface area contributed by atoms with Crippen molar-refractivity contribution >= 4 is 16.7 Å². The van der Waals surface area contributed by atoms with Gasteiger partial charge in [-0.2, -0.15) is 0 Å². The molecule has 6 nitrogen and oxygen atoms in total. The zero-order chi connectivity index (χ0) is 19.9. The molecule has 0 radical (unpaired) electrons. The van der Waals surface area contributed by atoms with Crippen LogP contribution in [0.2, 0.25) is 0 Å². The largest absolute Gasteiger partial charge is 0.370 e. The van der Waals surface area contributed by atoms with Gasteiger partial charge in [-0.3, -0.25) is 0 Å². The van der Waals surface area contributed by atoms with Crippen molar-refractivity contribution < 1.29 is 0 Å². The highest BCUT2D eigenvalue weighted by atomic mass is 15.2. The van der Waals surface area contributed by atoms with Crippen molar-refractivity contribution in [3.63, 3.8) is 0 Å². The Kier molecular flexibility index (Phi) is 6.72. The van der Waals surface area contributed by atoms with Gasteiger partial charge < -0.3 is 14.8 Å². The number of hydrogen-bond acceptors (Lipinski definition) is 5. The fourth-order valence-corrected chi connectivity index (χ4v) is 4.34. The molecule has 3 aromatic heterocycles. The van der Waals surface area contributed by atoms with E-state index in [9.17, 15) is 0 Å². The Hall–Kier alpha value is -2.47. The fourth-order valence-electron chi connectivity index (χ4n) is 4.34. The average Bonchev–Trinajstić information content (AvgIpc) is 3.19. The lowest BCUT2D eigenvalue weighted by Crippen LogP contribution is -2.36. The lowest BCUT2D eigenvalue weighted by molar-refractivity contribution is 0.283. The van der Waals surface area contributed by atoms with Crippen LogP contribution in [0, 0.1) is 0 Å². The number of aromatic amines is 1. The molecule has 0 unspecified atom stereocenters. The van der Waals surface area contributed by atoms with E-state index in [4.69, 9.17) is 0 Å². The second-order valence-corrected chi connectivity index (χ2v) is 7.89.